The molecule has 2 aromatic rings. The highest BCUT2D eigenvalue weighted by Crippen LogP contribution is 2.18. The fraction of sp³-hybridized carbons (Fsp3) is 0.412. The van der Waals surface area contributed by atoms with Crippen molar-refractivity contribution in [3.8, 4) is 0 Å². The highest BCUT2D eigenvalue weighted by Gasteiger charge is 2.16. The Balaban J connectivity index is 1.57. The molecule has 0 aromatic heterocycles. The molecule has 1 saturated heterocycles. The Morgan fingerprint density at radius 1 is 1.04 bits per heavy atom. The second-order valence-electron chi connectivity index (χ2n) is 5.87. The molecule has 0 amide bonds. The van der Waals surface area contributed by atoms with Crippen molar-refractivity contribution in [2.24, 2.45) is 0 Å². The number of nitrogens with one attached hydrogen (secondary N) is 2. The Labute approximate surface area is 137 Å². The summed E-state index contributed by atoms with van der Waals surface area (Å²) in [6.07, 6.45) is 0.835. The lowest BCUT2D eigenvalue weighted by Gasteiger charge is -2.23. The molecule has 23 heavy (non-hydrogen) atoms. The third-order valence-corrected chi connectivity index (χ3v) is 5.69. The van der Waals surface area contributed by atoms with E-state index in [1.165, 1.54) is 4.90 Å². The first-order valence-corrected chi connectivity index (χ1v) is 9.53. The number of hydrogen-bond acceptors (Lipinski definition) is 3. The first-order chi connectivity index (χ1) is 11.1. The van der Waals surface area contributed by atoms with Gasteiger partial charge in [-0.3, -0.25) is 0 Å². The van der Waals surface area contributed by atoms with E-state index in [0.717, 1.165) is 50.0 Å². The molecule has 1 aliphatic heterocycles. The van der Waals surface area contributed by atoms with E-state index >= 15 is 0 Å². The maximum atomic E-state index is 12.4. The largest absolute Gasteiger partial charge is 0.370 e. The van der Waals surface area contributed by atoms with E-state index in [-0.39, 0.29) is 0 Å². The van der Waals surface area contributed by atoms with Crippen LogP contribution in [0.4, 0.5) is 0 Å². The standard InChI is InChI=1S/C17H22N2O3S/c20-23(21,18-8-3-9-19-10-12-22-13-11-19)17-7-6-15-4-1-2-5-16(15)14-17/h1-2,4-7,14,18H,3,8-13H2/p+1. The molecule has 1 fully saturated rings. The summed E-state index contributed by atoms with van der Waals surface area (Å²) in [5.74, 6) is 0. The Kier molecular flexibility index (Phi) is 5.27. The van der Waals surface area contributed by atoms with Crippen molar-refractivity contribution < 1.29 is 18.1 Å². The van der Waals surface area contributed by atoms with Crippen LogP contribution in [0.15, 0.2) is 47.4 Å². The number of hydrogen-bond donors (Lipinski definition) is 2. The minimum Gasteiger partial charge on any atom is -0.370 e. The minimum atomic E-state index is -3.44. The van der Waals surface area contributed by atoms with Gasteiger partial charge in [0.1, 0.15) is 13.1 Å². The second-order valence-corrected chi connectivity index (χ2v) is 7.64. The number of sulfonamides is 1. The predicted octanol–water partition coefficient (Wildman–Crippen LogP) is 0.423. The fourth-order valence-corrected chi connectivity index (χ4v) is 3.98. The SMILES string of the molecule is O=S(=O)(NCCC[NH+]1CCOCC1)c1ccc2ccccc2c1. The van der Waals surface area contributed by atoms with Gasteiger partial charge in [-0.15, -0.1) is 0 Å². The summed E-state index contributed by atoms with van der Waals surface area (Å²) < 4.78 is 32.8. The van der Waals surface area contributed by atoms with E-state index in [9.17, 15) is 8.42 Å². The highest BCUT2D eigenvalue weighted by atomic mass is 32.2. The van der Waals surface area contributed by atoms with Crippen LogP contribution in [0.5, 0.6) is 0 Å². The summed E-state index contributed by atoms with van der Waals surface area (Å²) in [4.78, 5) is 1.82. The Hall–Kier alpha value is -1.47. The molecule has 6 heteroatoms. The summed E-state index contributed by atoms with van der Waals surface area (Å²) in [5.41, 5.74) is 0. The quantitative estimate of drug-likeness (QED) is 0.753. The van der Waals surface area contributed by atoms with Gasteiger partial charge in [0.2, 0.25) is 10.0 Å². The third kappa shape index (κ3) is 4.29. The van der Waals surface area contributed by atoms with Crippen LogP contribution < -0.4 is 9.62 Å². The molecular weight excluding hydrogens is 312 g/mol. The molecule has 2 N–H and O–H groups in total. The van der Waals surface area contributed by atoms with Crippen molar-refractivity contribution in [1.29, 1.82) is 0 Å². The molecule has 0 saturated carbocycles. The normalized spacial score (nSPS) is 16.7. The Morgan fingerprint density at radius 2 is 1.78 bits per heavy atom. The zero-order valence-electron chi connectivity index (χ0n) is 13.1. The van der Waals surface area contributed by atoms with Gasteiger partial charge in [-0.05, 0) is 22.9 Å². The van der Waals surface area contributed by atoms with Crippen molar-refractivity contribution in [1.82, 2.24) is 4.72 Å². The lowest BCUT2D eigenvalue weighted by atomic mass is 10.1. The average Bonchev–Trinajstić information content (AvgIpc) is 2.59. The summed E-state index contributed by atoms with van der Waals surface area (Å²) in [7, 11) is -3.44. The summed E-state index contributed by atoms with van der Waals surface area (Å²) in [5, 5.41) is 1.98. The summed E-state index contributed by atoms with van der Waals surface area (Å²) in [6.45, 7) is 5.08. The van der Waals surface area contributed by atoms with Crippen LogP contribution in [-0.4, -0.2) is 47.8 Å². The van der Waals surface area contributed by atoms with Crippen LogP contribution in [0.1, 0.15) is 6.42 Å². The summed E-state index contributed by atoms with van der Waals surface area (Å²) in [6, 6.07) is 13.0. The van der Waals surface area contributed by atoms with Crippen molar-refractivity contribution >= 4 is 20.8 Å². The topological polar surface area (TPSA) is 59.8 Å². The first-order valence-electron chi connectivity index (χ1n) is 8.05. The van der Waals surface area contributed by atoms with Gasteiger partial charge in [-0.2, -0.15) is 0 Å². The second kappa shape index (κ2) is 7.40. The number of morpholine rings is 1. The van der Waals surface area contributed by atoms with Gasteiger partial charge in [0.25, 0.3) is 0 Å². The van der Waals surface area contributed by atoms with Crippen molar-refractivity contribution in [2.75, 3.05) is 39.4 Å². The van der Waals surface area contributed by atoms with E-state index in [2.05, 4.69) is 4.72 Å². The molecule has 1 heterocycles. The lowest BCUT2D eigenvalue weighted by Crippen LogP contribution is -3.14. The first kappa shape index (κ1) is 16.4. The van der Waals surface area contributed by atoms with E-state index < -0.39 is 10.0 Å². The van der Waals surface area contributed by atoms with Crippen LogP contribution in [0.2, 0.25) is 0 Å². The minimum absolute atomic E-state index is 0.329. The van der Waals surface area contributed by atoms with Gasteiger partial charge in [-0.25, -0.2) is 13.1 Å². The highest BCUT2D eigenvalue weighted by molar-refractivity contribution is 7.89. The Morgan fingerprint density at radius 3 is 2.57 bits per heavy atom. The molecule has 0 aliphatic carbocycles. The van der Waals surface area contributed by atoms with Crippen molar-refractivity contribution in [3.63, 3.8) is 0 Å². The monoisotopic (exact) mass is 335 g/mol. The van der Waals surface area contributed by atoms with Crippen LogP contribution in [0.3, 0.4) is 0 Å². The van der Waals surface area contributed by atoms with E-state index in [1.807, 2.05) is 30.3 Å². The molecule has 5 nitrogen and oxygen atoms in total. The van der Waals surface area contributed by atoms with Gasteiger partial charge in [-0.1, -0.05) is 30.3 Å². The van der Waals surface area contributed by atoms with Gasteiger partial charge >= 0.3 is 0 Å². The maximum absolute atomic E-state index is 12.4. The zero-order valence-corrected chi connectivity index (χ0v) is 13.9. The van der Waals surface area contributed by atoms with E-state index in [4.69, 9.17) is 4.74 Å². The molecule has 124 valence electrons. The maximum Gasteiger partial charge on any atom is 0.240 e. The number of rotatable bonds is 6. The molecular formula is C17H23N2O3S+. The number of quaternary nitrogens is 1. The molecule has 3 rings (SSSR count). The van der Waals surface area contributed by atoms with Crippen LogP contribution >= 0.6 is 0 Å². The molecule has 0 unspecified atom stereocenters. The van der Waals surface area contributed by atoms with Crippen molar-refractivity contribution in [3.05, 3.63) is 42.5 Å². The molecule has 0 spiro atoms. The fourth-order valence-electron chi connectivity index (χ4n) is 2.87. The number of ether oxygens (including phenoxy) is 1. The smallest absolute Gasteiger partial charge is 0.240 e. The molecule has 0 bridgehead atoms. The van der Waals surface area contributed by atoms with Gasteiger partial charge in [0, 0.05) is 13.0 Å². The van der Waals surface area contributed by atoms with E-state index in [0.29, 0.717) is 11.4 Å². The van der Waals surface area contributed by atoms with Gasteiger partial charge < -0.3 is 9.64 Å². The van der Waals surface area contributed by atoms with Crippen LogP contribution in [0.25, 0.3) is 10.8 Å². The molecule has 0 radical (unpaired) electrons. The number of fused-ring (bicyclic) bond motifs is 1. The predicted molar refractivity (Wildman–Crippen MR) is 90.1 cm³/mol. The van der Waals surface area contributed by atoms with Gasteiger partial charge in [0.15, 0.2) is 0 Å². The van der Waals surface area contributed by atoms with E-state index in [1.54, 1.807) is 12.1 Å². The molecule has 1 aliphatic rings. The van der Waals surface area contributed by atoms with Crippen molar-refractivity contribution in [2.45, 2.75) is 11.3 Å². The lowest BCUT2D eigenvalue weighted by molar-refractivity contribution is -0.908. The summed E-state index contributed by atoms with van der Waals surface area (Å²) >= 11 is 0. The van der Waals surface area contributed by atoms with Crippen LogP contribution in [-0.2, 0) is 14.8 Å². The third-order valence-electron chi connectivity index (χ3n) is 4.23. The number of benzene rings is 2. The molecule has 0 atom stereocenters. The molecule has 2 aromatic carbocycles. The zero-order chi connectivity index (χ0) is 16.1. The Bertz CT molecular complexity index is 755. The van der Waals surface area contributed by atoms with Crippen LogP contribution in [0, 0.1) is 0 Å². The van der Waals surface area contributed by atoms with Gasteiger partial charge in [0.05, 0.1) is 24.7 Å². The average molecular weight is 335 g/mol.